The zero-order chi connectivity index (χ0) is 20.9. The molecule has 0 bridgehead atoms. The van der Waals surface area contributed by atoms with Gasteiger partial charge in [0.2, 0.25) is 6.29 Å². The molecule has 0 heterocycles. The number of ether oxygens (including phenoxy) is 1. The highest BCUT2D eigenvalue weighted by Crippen LogP contribution is 2.04. The number of allylic oxidation sites excluding steroid dienone is 8. The SMILES string of the molecule is CCCCC/C=C\C/C=C\C/C=C\C/C=C\CCCC(=O)OC(O)C(O)CO. The van der Waals surface area contributed by atoms with E-state index in [9.17, 15) is 9.90 Å². The Morgan fingerprint density at radius 2 is 1.32 bits per heavy atom. The van der Waals surface area contributed by atoms with Gasteiger partial charge in [0, 0.05) is 6.42 Å². The number of hydrogen-bond acceptors (Lipinski definition) is 5. The molecule has 0 aliphatic rings. The molecule has 5 heteroatoms. The third kappa shape index (κ3) is 17.7. The van der Waals surface area contributed by atoms with E-state index in [1.165, 1.54) is 25.7 Å². The molecule has 3 N–H and O–H groups in total. The number of aliphatic hydroxyl groups excluding tert-OH is 3. The number of rotatable bonds is 17. The Morgan fingerprint density at radius 1 is 0.821 bits per heavy atom. The van der Waals surface area contributed by atoms with E-state index >= 15 is 0 Å². The van der Waals surface area contributed by atoms with Gasteiger partial charge in [-0.25, -0.2) is 0 Å². The first-order valence-electron chi connectivity index (χ1n) is 10.4. The first-order valence-corrected chi connectivity index (χ1v) is 10.4. The monoisotopic (exact) mass is 394 g/mol. The van der Waals surface area contributed by atoms with Crippen LogP contribution in [0.4, 0.5) is 0 Å². The van der Waals surface area contributed by atoms with Gasteiger partial charge in [0.1, 0.15) is 6.10 Å². The topological polar surface area (TPSA) is 87.0 Å². The highest BCUT2D eigenvalue weighted by atomic mass is 16.6. The van der Waals surface area contributed by atoms with Gasteiger partial charge in [-0.1, -0.05) is 68.4 Å². The van der Waals surface area contributed by atoms with Crippen LogP contribution in [0.25, 0.3) is 0 Å². The summed E-state index contributed by atoms with van der Waals surface area (Å²) in [6, 6.07) is 0. The zero-order valence-corrected chi connectivity index (χ0v) is 17.2. The van der Waals surface area contributed by atoms with E-state index in [2.05, 4.69) is 54.2 Å². The number of carbonyl (C=O) groups is 1. The highest BCUT2D eigenvalue weighted by Gasteiger charge is 2.19. The van der Waals surface area contributed by atoms with Gasteiger partial charge in [0.15, 0.2) is 0 Å². The minimum atomic E-state index is -1.67. The van der Waals surface area contributed by atoms with Gasteiger partial charge in [0.05, 0.1) is 6.61 Å². The van der Waals surface area contributed by atoms with Crippen molar-refractivity contribution in [2.24, 2.45) is 0 Å². The average Bonchev–Trinajstić information content (AvgIpc) is 2.69. The molecule has 0 spiro atoms. The molecular weight excluding hydrogens is 356 g/mol. The summed E-state index contributed by atoms with van der Waals surface area (Å²) in [6.07, 6.45) is 23.4. The molecule has 0 amide bonds. The summed E-state index contributed by atoms with van der Waals surface area (Å²) in [6.45, 7) is 1.56. The Kier molecular flexibility index (Phi) is 18.8. The predicted octanol–water partition coefficient (Wildman–Crippen LogP) is 4.35. The zero-order valence-electron chi connectivity index (χ0n) is 17.2. The summed E-state index contributed by atoms with van der Waals surface area (Å²) in [7, 11) is 0. The van der Waals surface area contributed by atoms with E-state index in [1.54, 1.807) is 0 Å². The molecule has 0 saturated carbocycles. The lowest BCUT2D eigenvalue weighted by atomic mass is 10.2. The molecule has 0 aromatic rings. The quantitative estimate of drug-likeness (QED) is 0.148. The van der Waals surface area contributed by atoms with Crippen molar-refractivity contribution in [3.63, 3.8) is 0 Å². The molecule has 0 saturated heterocycles. The van der Waals surface area contributed by atoms with Crippen LogP contribution in [0.2, 0.25) is 0 Å². The molecule has 0 rings (SSSR count). The summed E-state index contributed by atoms with van der Waals surface area (Å²) >= 11 is 0. The second-order valence-electron chi connectivity index (χ2n) is 6.61. The van der Waals surface area contributed by atoms with Crippen molar-refractivity contribution in [1.29, 1.82) is 0 Å². The standard InChI is InChI=1S/C23H38O5/c1-2-3-4-5-6-7-8-9-10-11-12-13-14-15-16-17-18-19-22(26)28-23(27)21(25)20-24/h6-7,9-10,12-13,15-16,21,23-25,27H,2-5,8,11,14,17-20H2,1H3/b7-6-,10-9-,13-12-,16-15-. The Balaban J connectivity index is 3.58. The minimum absolute atomic E-state index is 0.160. The van der Waals surface area contributed by atoms with E-state index in [0.717, 1.165) is 25.7 Å². The molecule has 0 radical (unpaired) electrons. The summed E-state index contributed by atoms with van der Waals surface area (Å²) in [4.78, 5) is 11.4. The fourth-order valence-corrected chi connectivity index (χ4v) is 2.29. The normalized spacial score (nSPS) is 14.6. The van der Waals surface area contributed by atoms with Crippen molar-refractivity contribution in [2.75, 3.05) is 6.61 Å². The Bertz CT molecular complexity index is 479. The van der Waals surface area contributed by atoms with Gasteiger partial charge >= 0.3 is 5.97 Å². The van der Waals surface area contributed by atoms with Crippen LogP contribution in [0, 0.1) is 0 Å². The van der Waals surface area contributed by atoms with Crippen LogP contribution in [0.15, 0.2) is 48.6 Å². The van der Waals surface area contributed by atoms with Gasteiger partial charge in [-0.05, 0) is 44.9 Å². The summed E-state index contributed by atoms with van der Waals surface area (Å²) in [5.74, 6) is -0.587. The third-order valence-corrected chi connectivity index (χ3v) is 3.98. The lowest BCUT2D eigenvalue weighted by Crippen LogP contribution is -2.33. The molecule has 28 heavy (non-hydrogen) atoms. The highest BCUT2D eigenvalue weighted by molar-refractivity contribution is 5.69. The first-order chi connectivity index (χ1) is 13.6. The van der Waals surface area contributed by atoms with Crippen molar-refractivity contribution >= 4 is 5.97 Å². The maximum absolute atomic E-state index is 11.4. The smallest absolute Gasteiger partial charge is 0.308 e. The number of esters is 1. The third-order valence-electron chi connectivity index (χ3n) is 3.98. The van der Waals surface area contributed by atoms with E-state index in [1.807, 2.05) is 6.08 Å². The largest absolute Gasteiger partial charge is 0.433 e. The van der Waals surface area contributed by atoms with E-state index in [4.69, 9.17) is 10.2 Å². The number of hydrogen-bond donors (Lipinski definition) is 3. The number of carbonyl (C=O) groups excluding carboxylic acids is 1. The van der Waals surface area contributed by atoms with Crippen molar-refractivity contribution < 1.29 is 24.9 Å². The maximum atomic E-state index is 11.4. The van der Waals surface area contributed by atoms with Crippen LogP contribution in [0.1, 0.15) is 71.1 Å². The molecule has 0 aromatic carbocycles. The van der Waals surface area contributed by atoms with E-state index < -0.39 is 25.0 Å². The molecule has 0 aliphatic heterocycles. The van der Waals surface area contributed by atoms with Crippen LogP contribution in [0.5, 0.6) is 0 Å². The van der Waals surface area contributed by atoms with Gasteiger partial charge in [-0.3, -0.25) is 4.79 Å². The van der Waals surface area contributed by atoms with Crippen LogP contribution in [0.3, 0.4) is 0 Å². The lowest BCUT2D eigenvalue weighted by Gasteiger charge is -2.15. The Hall–Kier alpha value is -1.69. The van der Waals surface area contributed by atoms with Crippen LogP contribution >= 0.6 is 0 Å². The molecule has 2 unspecified atom stereocenters. The summed E-state index contributed by atoms with van der Waals surface area (Å²) < 4.78 is 4.59. The molecule has 5 nitrogen and oxygen atoms in total. The van der Waals surface area contributed by atoms with Crippen LogP contribution < -0.4 is 0 Å². The second kappa shape index (κ2) is 20.1. The van der Waals surface area contributed by atoms with Crippen molar-refractivity contribution in [2.45, 2.75) is 83.5 Å². The minimum Gasteiger partial charge on any atom is -0.433 e. The fraction of sp³-hybridized carbons (Fsp3) is 0.609. The van der Waals surface area contributed by atoms with E-state index in [-0.39, 0.29) is 6.42 Å². The Labute approximate surface area is 170 Å². The fourth-order valence-electron chi connectivity index (χ4n) is 2.29. The Morgan fingerprint density at radius 3 is 1.82 bits per heavy atom. The molecule has 0 fully saturated rings. The maximum Gasteiger partial charge on any atom is 0.308 e. The number of unbranched alkanes of at least 4 members (excludes halogenated alkanes) is 4. The van der Waals surface area contributed by atoms with Gasteiger partial charge in [-0.2, -0.15) is 0 Å². The van der Waals surface area contributed by atoms with Crippen molar-refractivity contribution in [3.05, 3.63) is 48.6 Å². The first kappa shape index (κ1) is 26.3. The summed E-state index contributed by atoms with van der Waals surface area (Å²) in [5, 5.41) is 27.0. The van der Waals surface area contributed by atoms with Gasteiger partial charge in [-0.15, -0.1) is 0 Å². The molecule has 2 atom stereocenters. The van der Waals surface area contributed by atoms with E-state index in [0.29, 0.717) is 6.42 Å². The second-order valence-corrected chi connectivity index (χ2v) is 6.61. The predicted molar refractivity (Wildman–Crippen MR) is 114 cm³/mol. The number of aliphatic hydroxyl groups is 3. The molecule has 0 aromatic heterocycles. The lowest BCUT2D eigenvalue weighted by molar-refractivity contribution is -0.190. The van der Waals surface area contributed by atoms with Gasteiger partial charge in [0.25, 0.3) is 0 Å². The van der Waals surface area contributed by atoms with Crippen molar-refractivity contribution in [3.8, 4) is 0 Å². The molecule has 160 valence electrons. The van der Waals surface area contributed by atoms with Crippen molar-refractivity contribution in [1.82, 2.24) is 0 Å². The molecular formula is C23H38O5. The van der Waals surface area contributed by atoms with Crippen LogP contribution in [-0.2, 0) is 9.53 Å². The average molecular weight is 395 g/mol. The van der Waals surface area contributed by atoms with Gasteiger partial charge < -0.3 is 20.1 Å². The molecule has 0 aliphatic carbocycles. The summed E-state index contributed by atoms with van der Waals surface area (Å²) in [5.41, 5.74) is 0. The van der Waals surface area contributed by atoms with Crippen LogP contribution in [-0.4, -0.2) is 40.3 Å².